The van der Waals surface area contributed by atoms with E-state index in [1.165, 1.54) is 24.0 Å². The Hall–Kier alpha value is -2.44. The molecule has 3 heterocycles. The van der Waals surface area contributed by atoms with Gasteiger partial charge in [0.05, 0.1) is 6.04 Å². The van der Waals surface area contributed by atoms with Gasteiger partial charge in [-0.25, -0.2) is 4.79 Å². The molecule has 35 heavy (non-hydrogen) atoms. The number of hydrogen-bond acceptors (Lipinski definition) is 5. The van der Waals surface area contributed by atoms with E-state index in [1.807, 2.05) is 20.8 Å². The largest absolute Gasteiger partial charge is 0.486 e. The number of ether oxygens (including phenoxy) is 3. The Morgan fingerprint density at radius 3 is 2.31 bits per heavy atom. The number of carbonyl (C=O) groups excluding carboxylic acids is 2. The highest BCUT2D eigenvalue weighted by atomic mass is 16.6. The first-order valence-electron chi connectivity index (χ1n) is 13.4. The molecule has 0 N–H and O–H groups in total. The van der Waals surface area contributed by atoms with Crippen molar-refractivity contribution in [1.82, 2.24) is 9.80 Å². The van der Waals surface area contributed by atoms with Crippen molar-refractivity contribution < 1.29 is 23.8 Å². The molecule has 1 atom stereocenters. The molecule has 0 radical (unpaired) electrons. The van der Waals surface area contributed by atoms with Gasteiger partial charge in [0.2, 0.25) is 5.91 Å². The molecule has 1 saturated heterocycles. The summed E-state index contributed by atoms with van der Waals surface area (Å²) in [6, 6.07) is 4.36. The van der Waals surface area contributed by atoms with Crippen molar-refractivity contribution >= 4 is 12.0 Å². The standard InChI is InChI=1S/C28H40N2O5/c1-19-21-16-23-24(34-14-13-33-23)17-22(21)28(9-5-6-10-28)18-30(19)25(31)15-20-7-11-29(12-8-20)26(32)35-27(2,3)4/h16-17,19-20H,5-15,18H2,1-4H3. The maximum atomic E-state index is 13.7. The van der Waals surface area contributed by atoms with Gasteiger partial charge in [-0.05, 0) is 82.6 Å². The van der Waals surface area contributed by atoms with Crippen molar-refractivity contribution in [3.8, 4) is 11.5 Å². The number of likely N-dealkylation sites (tertiary alicyclic amines) is 1. The average Bonchev–Trinajstić information content (AvgIpc) is 3.29. The molecule has 1 aliphatic carbocycles. The van der Waals surface area contributed by atoms with Crippen molar-refractivity contribution in [2.75, 3.05) is 32.8 Å². The van der Waals surface area contributed by atoms with Gasteiger partial charge in [-0.1, -0.05) is 12.8 Å². The third-order valence-corrected chi connectivity index (χ3v) is 8.29. The molecule has 0 aromatic heterocycles. The summed E-state index contributed by atoms with van der Waals surface area (Å²) in [5.41, 5.74) is 2.11. The highest BCUT2D eigenvalue weighted by Crippen LogP contribution is 2.52. The maximum Gasteiger partial charge on any atom is 0.410 e. The van der Waals surface area contributed by atoms with Crippen molar-refractivity contribution in [3.05, 3.63) is 23.3 Å². The SMILES string of the molecule is CC1c2cc3c(cc2C2(CCCC2)CN1C(=O)CC1CCN(C(=O)OC(C)(C)C)CC1)OCCO3. The number of carbonyl (C=O) groups is 2. The lowest BCUT2D eigenvalue weighted by molar-refractivity contribution is -0.136. The lowest BCUT2D eigenvalue weighted by Gasteiger charge is -2.47. The molecule has 5 rings (SSSR count). The van der Waals surface area contributed by atoms with Crippen LogP contribution in [0.3, 0.4) is 0 Å². The zero-order valence-electron chi connectivity index (χ0n) is 21.7. The Bertz CT molecular complexity index is 970. The van der Waals surface area contributed by atoms with E-state index in [-0.39, 0.29) is 23.5 Å². The van der Waals surface area contributed by atoms with Crippen LogP contribution >= 0.6 is 0 Å². The van der Waals surface area contributed by atoms with Gasteiger partial charge in [0.25, 0.3) is 0 Å². The van der Waals surface area contributed by atoms with E-state index in [0.717, 1.165) is 43.7 Å². The Kier molecular flexibility index (Phi) is 6.39. The quantitative estimate of drug-likeness (QED) is 0.576. The molecule has 2 amide bonds. The number of amides is 2. The van der Waals surface area contributed by atoms with Crippen molar-refractivity contribution in [3.63, 3.8) is 0 Å². The Morgan fingerprint density at radius 1 is 1.06 bits per heavy atom. The van der Waals surface area contributed by atoms with Crippen molar-refractivity contribution in [2.45, 2.75) is 89.7 Å². The van der Waals surface area contributed by atoms with Gasteiger partial charge in [0, 0.05) is 31.5 Å². The molecule has 1 aromatic rings. The number of nitrogens with zero attached hydrogens (tertiary/aromatic N) is 2. The molecule has 7 nitrogen and oxygen atoms in total. The zero-order valence-corrected chi connectivity index (χ0v) is 21.7. The minimum Gasteiger partial charge on any atom is -0.486 e. The van der Waals surface area contributed by atoms with E-state index in [4.69, 9.17) is 14.2 Å². The normalized spacial score (nSPS) is 23.8. The smallest absolute Gasteiger partial charge is 0.410 e. The molecule has 1 saturated carbocycles. The summed E-state index contributed by atoms with van der Waals surface area (Å²) in [5.74, 6) is 2.19. The molecule has 1 unspecified atom stereocenters. The fourth-order valence-electron chi connectivity index (χ4n) is 6.42. The van der Waals surface area contributed by atoms with Crippen LogP contribution in [0, 0.1) is 5.92 Å². The van der Waals surface area contributed by atoms with Crippen molar-refractivity contribution in [2.24, 2.45) is 5.92 Å². The molecule has 7 heteroatoms. The van der Waals surface area contributed by atoms with Crippen molar-refractivity contribution in [1.29, 1.82) is 0 Å². The summed E-state index contributed by atoms with van der Waals surface area (Å²) >= 11 is 0. The summed E-state index contributed by atoms with van der Waals surface area (Å²) < 4.78 is 17.3. The molecular formula is C28H40N2O5. The Labute approximate surface area is 209 Å². The van der Waals surface area contributed by atoms with Crippen LogP contribution in [0.2, 0.25) is 0 Å². The average molecular weight is 485 g/mol. The fraction of sp³-hybridized carbons (Fsp3) is 0.714. The maximum absolute atomic E-state index is 13.7. The first kappa shape index (κ1) is 24.3. The molecule has 3 aliphatic heterocycles. The summed E-state index contributed by atoms with van der Waals surface area (Å²) in [4.78, 5) is 30.0. The number of rotatable bonds is 2. The van der Waals surface area contributed by atoms with Crippen LogP contribution in [-0.4, -0.2) is 60.2 Å². The van der Waals surface area contributed by atoms with Crippen LogP contribution in [0.5, 0.6) is 11.5 Å². The predicted octanol–water partition coefficient (Wildman–Crippen LogP) is 5.21. The summed E-state index contributed by atoms with van der Waals surface area (Å²) in [5, 5.41) is 0. The summed E-state index contributed by atoms with van der Waals surface area (Å²) in [6.45, 7) is 11.1. The van der Waals surface area contributed by atoms with Gasteiger partial charge < -0.3 is 24.0 Å². The van der Waals surface area contributed by atoms with E-state index in [0.29, 0.717) is 38.6 Å². The Morgan fingerprint density at radius 2 is 1.69 bits per heavy atom. The molecule has 1 spiro atoms. The van der Waals surface area contributed by atoms with E-state index in [9.17, 15) is 9.59 Å². The van der Waals surface area contributed by atoms with Gasteiger partial charge >= 0.3 is 6.09 Å². The van der Waals surface area contributed by atoms with E-state index < -0.39 is 5.60 Å². The zero-order chi connectivity index (χ0) is 24.8. The molecule has 1 aromatic carbocycles. The third-order valence-electron chi connectivity index (χ3n) is 8.29. The first-order valence-corrected chi connectivity index (χ1v) is 13.4. The summed E-state index contributed by atoms with van der Waals surface area (Å²) in [6.07, 6.45) is 6.61. The minimum atomic E-state index is -0.489. The second-order valence-corrected chi connectivity index (χ2v) is 11.9. The van der Waals surface area contributed by atoms with Crippen LogP contribution in [0.15, 0.2) is 12.1 Å². The van der Waals surface area contributed by atoms with Gasteiger partial charge in [-0.2, -0.15) is 0 Å². The van der Waals surface area contributed by atoms with Gasteiger partial charge in [0.1, 0.15) is 18.8 Å². The first-order chi connectivity index (χ1) is 16.7. The van der Waals surface area contributed by atoms with Crippen LogP contribution in [0.1, 0.15) is 89.8 Å². The number of benzene rings is 1. The van der Waals surface area contributed by atoms with Crippen LogP contribution < -0.4 is 9.47 Å². The van der Waals surface area contributed by atoms with E-state index in [2.05, 4.69) is 24.0 Å². The minimum absolute atomic E-state index is 0.0152. The van der Waals surface area contributed by atoms with Crippen LogP contribution in [-0.2, 0) is 14.9 Å². The molecule has 192 valence electrons. The van der Waals surface area contributed by atoms with Crippen LogP contribution in [0.25, 0.3) is 0 Å². The second-order valence-electron chi connectivity index (χ2n) is 11.9. The molecule has 4 aliphatic rings. The van der Waals surface area contributed by atoms with Crippen LogP contribution in [0.4, 0.5) is 4.79 Å². The predicted molar refractivity (Wildman–Crippen MR) is 133 cm³/mol. The fourth-order valence-corrected chi connectivity index (χ4v) is 6.42. The lowest BCUT2D eigenvalue weighted by Crippen LogP contribution is -2.49. The molecule has 0 bridgehead atoms. The molecular weight excluding hydrogens is 444 g/mol. The lowest BCUT2D eigenvalue weighted by atomic mass is 9.71. The highest BCUT2D eigenvalue weighted by molar-refractivity contribution is 5.78. The monoisotopic (exact) mass is 484 g/mol. The second kappa shape index (κ2) is 9.21. The van der Waals surface area contributed by atoms with E-state index in [1.54, 1.807) is 4.90 Å². The molecule has 2 fully saturated rings. The van der Waals surface area contributed by atoms with Gasteiger partial charge in [-0.3, -0.25) is 4.79 Å². The summed E-state index contributed by atoms with van der Waals surface area (Å²) in [7, 11) is 0. The number of piperidine rings is 1. The topological polar surface area (TPSA) is 68.3 Å². The van der Waals surface area contributed by atoms with Gasteiger partial charge in [0.15, 0.2) is 11.5 Å². The van der Waals surface area contributed by atoms with Gasteiger partial charge in [-0.15, -0.1) is 0 Å². The third kappa shape index (κ3) is 4.83. The highest BCUT2D eigenvalue weighted by Gasteiger charge is 2.46. The number of fused-ring (bicyclic) bond motifs is 3. The Balaban J connectivity index is 1.28. The van der Waals surface area contributed by atoms with E-state index >= 15 is 0 Å². The number of hydrogen-bond donors (Lipinski definition) is 0.